The average Bonchev–Trinajstić information content (AvgIpc) is 3.06. The normalized spacial score (nSPS) is 25.3. The molecule has 2 aliphatic rings. The summed E-state index contributed by atoms with van der Waals surface area (Å²) in [6.07, 6.45) is 1.92. The summed E-state index contributed by atoms with van der Waals surface area (Å²) >= 11 is 0. The number of hydrogen-bond donors (Lipinski definition) is 0. The summed E-state index contributed by atoms with van der Waals surface area (Å²) in [5.74, 6) is 0.875. The molecule has 1 amide bonds. The molecule has 0 saturated carbocycles. The number of morpholine rings is 1. The quantitative estimate of drug-likeness (QED) is 0.823. The maximum atomic E-state index is 13.2. The van der Waals surface area contributed by atoms with Crippen LogP contribution in [0, 0.1) is 11.3 Å². The SMILES string of the molecule is CC[C@@H]1CN(C(=O)C(C)(C)Cc2ccccc2)C[C@@H]1N1CCOCC1. The maximum absolute atomic E-state index is 13.2. The number of nitrogens with zero attached hydrogens (tertiary/aromatic N) is 2. The number of rotatable bonds is 5. The highest BCUT2D eigenvalue weighted by Crippen LogP contribution is 2.31. The van der Waals surface area contributed by atoms with E-state index in [1.807, 2.05) is 18.2 Å². The highest BCUT2D eigenvalue weighted by molar-refractivity contribution is 5.82. The Bertz CT molecular complexity index is 567. The Kier molecular flexibility index (Phi) is 5.80. The van der Waals surface area contributed by atoms with Gasteiger partial charge in [-0.15, -0.1) is 0 Å². The summed E-state index contributed by atoms with van der Waals surface area (Å²) < 4.78 is 5.50. The van der Waals surface area contributed by atoms with Gasteiger partial charge in [-0.05, 0) is 17.9 Å². The van der Waals surface area contributed by atoms with E-state index >= 15 is 0 Å². The first-order chi connectivity index (χ1) is 12.0. The zero-order chi connectivity index (χ0) is 17.9. The van der Waals surface area contributed by atoms with Crippen LogP contribution in [0.4, 0.5) is 0 Å². The fraction of sp³-hybridized carbons (Fsp3) is 0.667. The van der Waals surface area contributed by atoms with E-state index in [0.29, 0.717) is 17.9 Å². The van der Waals surface area contributed by atoms with Crippen molar-refractivity contribution in [2.24, 2.45) is 11.3 Å². The number of carbonyl (C=O) groups excluding carboxylic acids is 1. The van der Waals surface area contributed by atoms with Crippen LogP contribution in [-0.4, -0.2) is 61.1 Å². The van der Waals surface area contributed by atoms with Crippen LogP contribution in [-0.2, 0) is 16.0 Å². The Balaban J connectivity index is 1.67. The van der Waals surface area contributed by atoms with Crippen LogP contribution in [0.15, 0.2) is 30.3 Å². The summed E-state index contributed by atoms with van der Waals surface area (Å²) in [5, 5.41) is 0. The predicted octanol–water partition coefficient (Wildman–Crippen LogP) is 2.82. The van der Waals surface area contributed by atoms with Crippen molar-refractivity contribution in [3.05, 3.63) is 35.9 Å². The van der Waals surface area contributed by atoms with Gasteiger partial charge in [-0.2, -0.15) is 0 Å². The second-order valence-corrected chi connectivity index (χ2v) is 8.14. The molecule has 0 radical (unpaired) electrons. The van der Waals surface area contributed by atoms with Crippen molar-refractivity contribution in [2.45, 2.75) is 39.7 Å². The van der Waals surface area contributed by atoms with Gasteiger partial charge in [0.15, 0.2) is 0 Å². The molecule has 2 atom stereocenters. The largest absolute Gasteiger partial charge is 0.379 e. The first kappa shape index (κ1) is 18.4. The zero-order valence-electron chi connectivity index (χ0n) is 15.9. The molecular formula is C21H32N2O2. The molecule has 4 heteroatoms. The molecule has 0 N–H and O–H groups in total. The van der Waals surface area contributed by atoms with Crippen molar-refractivity contribution >= 4 is 5.91 Å². The van der Waals surface area contributed by atoms with Crippen LogP contribution in [0.1, 0.15) is 32.8 Å². The molecule has 0 unspecified atom stereocenters. The lowest BCUT2D eigenvalue weighted by molar-refractivity contribution is -0.139. The monoisotopic (exact) mass is 344 g/mol. The minimum atomic E-state index is -0.362. The number of likely N-dealkylation sites (tertiary alicyclic amines) is 1. The molecule has 2 saturated heterocycles. The number of carbonyl (C=O) groups is 1. The van der Waals surface area contributed by atoms with Crippen molar-refractivity contribution in [2.75, 3.05) is 39.4 Å². The minimum Gasteiger partial charge on any atom is -0.379 e. The van der Waals surface area contributed by atoms with Crippen LogP contribution >= 0.6 is 0 Å². The standard InChI is InChI=1S/C21H32N2O2/c1-4-18-15-23(16-19(18)22-10-12-25-13-11-22)20(24)21(2,3)14-17-8-6-5-7-9-17/h5-9,18-19H,4,10-16H2,1-3H3/t18-,19+/m1/s1. The second kappa shape index (κ2) is 7.88. The zero-order valence-corrected chi connectivity index (χ0v) is 15.9. The van der Waals surface area contributed by atoms with Gasteiger partial charge in [0, 0.05) is 37.6 Å². The Morgan fingerprint density at radius 1 is 1.16 bits per heavy atom. The second-order valence-electron chi connectivity index (χ2n) is 8.14. The molecular weight excluding hydrogens is 312 g/mol. The van der Waals surface area contributed by atoms with E-state index in [1.54, 1.807) is 0 Å². The van der Waals surface area contributed by atoms with Gasteiger partial charge in [0.1, 0.15) is 0 Å². The number of amides is 1. The molecule has 2 aliphatic heterocycles. The lowest BCUT2D eigenvalue weighted by Gasteiger charge is -2.35. The van der Waals surface area contributed by atoms with E-state index in [2.05, 4.69) is 42.7 Å². The van der Waals surface area contributed by atoms with Crippen LogP contribution in [0.3, 0.4) is 0 Å². The van der Waals surface area contributed by atoms with Gasteiger partial charge in [-0.1, -0.05) is 57.5 Å². The van der Waals surface area contributed by atoms with Crippen molar-refractivity contribution in [3.8, 4) is 0 Å². The summed E-state index contributed by atoms with van der Waals surface area (Å²) in [4.78, 5) is 17.9. The number of hydrogen-bond acceptors (Lipinski definition) is 3. The van der Waals surface area contributed by atoms with Crippen LogP contribution in [0.25, 0.3) is 0 Å². The van der Waals surface area contributed by atoms with Crippen molar-refractivity contribution < 1.29 is 9.53 Å². The molecule has 3 rings (SSSR count). The summed E-state index contributed by atoms with van der Waals surface area (Å²) in [6.45, 7) is 11.8. The molecule has 1 aromatic carbocycles. The molecule has 138 valence electrons. The molecule has 25 heavy (non-hydrogen) atoms. The lowest BCUT2D eigenvalue weighted by Crippen LogP contribution is -2.48. The van der Waals surface area contributed by atoms with Crippen LogP contribution < -0.4 is 0 Å². The van der Waals surface area contributed by atoms with E-state index < -0.39 is 0 Å². The Hall–Kier alpha value is -1.39. The van der Waals surface area contributed by atoms with E-state index in [1.165, 1.54) is 5.56 Å². The summed E-state index contributed by atoms with van der Waals surface area (Å²) in [5.41, 5.74) is 0.872. The van der Waals surface area contributed by atoms with E-state index in [9.17, 15) is 4.79 Å². The van der Waals surface area contributed by atoms with Crippen molar-refractivity contribution in [3.63, 3.8) is 0 Å². The molecule has 2 fully saturated rings. The third-order valence-corrected chi connectivity index (χ3v) is 5.80. The molecule has 0 aliphatic carbocycles. The summed E-state index contributed by atoms with van der Waals surface area (Å²) in [6, 6.07) is 10.8. The predicted molar refractivity (Wildman–Crippen MR) is 100 cm³/mol. The number of benzene rings is 1. The molecule has 0 spiro atoms. The Morgan fingerprint density at radius 3 is 2.48 bits per heavy atom. The molecule has 2 heterocycles. The molecule has 0 aromatic heterocycles. The van der Waals surface area contributed by atoms with Crippen LogP contribution in [0.5, 0.6) is 0 Å². The third-order valence-electron chi connectivity index (χ3n) is 5.80. The van der Waals surface area contributed by atoms with E-state index in [4.69, 9.17) is 4.74 Å². The third kappa shape index (κ3) is 4.24. The minimum absolute atomic E-state index is 0.297. The van der Waals surface area contributed by atoms with Crippen molar-refractivity contribution in [1.82, 2.24) is 9.80 Å². The van der Waals surface area contributed by atoms with E-state index in [-0.39, 0.29) is 5.41 Å². The topological polar surface area (TPSA) is 32.8 Å². The van der Waals surface area contributed by atoms with E-state index in [0.717, 1.165) is 52.2 Å². The van der Waals surface area contributed by atoms with Gasteiger partial charge >= 0.3 is 0 Å². The van der Waals surface area contributed by atoms with Gasteiger partial charge in [0.25, 0.3) is 0 Å². The lowest BCUT2D eigenvalue weighted by atomic mass is 9.84. The summed E-state index contributed by atoms with van der Waals surface area (Å²) in [7, 11) is 0. The van der Waals surface area contributed by atoms with Gasteiger partial charge < -0.3 is 9.64 Å². The molecule has 0 bridgehead atoms. The highest BCUT2D eigenvalue weighted by Gasteiger charge is 2.42. The van der Waals surface area contributed by atoms with Crippen LogP contribution in [0.2, 0.25) is 0 Å². The Morgan fingerprint density at radius 2 is 1.84 bits per heavy atom. The fourth-order valence-corrected chi connectivity index (χ4v) is 4.35. The maximum Gasteiger partial charge on any atom is 0.228 e. The first-order valence-corrected chi connectivity index (χ1v) is 9.66. The smallest absolute Gasteiger partial charge is 0.228 e. The van der Waals surface area contributed by atoms with Gasteiger partial charge in [0.2, 0.25) is 5.91 Å². The van der Waals surface area contributed by atoms with Gasteiger partial charge in [0.05, 0.1) is 13.2 Å². The van der Waals surface area contributed by atoms with Gasteiger partial charge in [-0.25, -0.2) is 0 Å². The first-order valence-electron chi connectivity index (χ1n) is 9.66. The molecule has 4 nitrogen and oxygen atoms in total. The average molecular weight is 344 g/mol. The van der Waals surface area contributed by atoms with Gasteiger partial charge in [-0.3, -0.25) is 9.69 Å². The fourth-order valence-electron chi connectivity index (χ4n) is 4.35. The molecule has 1 aromatic rings. The van der Waals surface area contributed by atoms with Crippen molar-refractivity contribution in [1.29, 1.82) is 0 Å². The highest BCUT2D eigenvalue weighted by atomic mass is 16.5. The Labute approximate surface area is 152 Å². The number of ether oxygens (including phenoxy) is 1.